The van der Waals surface area contributed by atoms with Crippen molar-refractivity contribution in [3.05, 3.63) is 39.8 Å². The van der Waals surface area contributed by atoms with E-state index >= 15 is 0 Å². The molecule has 30 heavy (non-hydrogen) atoms. The highest BCUT2D eigenvalue weighted by molar-refractivity contribution is 5.68. The molecule has 1 aliphatic heterocycles. The highest BCUT2D eigenvalue weighted by Crippen LogP contribution is 2.38. The molecular formula is C21H27F3N4O2. The van der Waals surface area contributed by atoms with Crippen LogP contribution in [0.3, 0.4) is 0 Å². The summed E-state index contributed by atoms with van der Waals surface area (Å²) in [4.78, 5) is 21.2. The van der Waals surface area contributed by atoms with Gasteiger partial charge in [-0.15, -0.1) is 0 Å². The van der Waals surface area contributed by atoms with E-state index in [9.17, 15) is 18.0 Å². The van der Waals surface area contributed by atoms with Crippen LogP contribution in [0.5, 0.6) is 0 Å². The number of methoxy groups -OCH3 is 1. The van der Waals surface area contributed by atoms with Gasteiger partial charge < -0.3 is 14.5 Å². The minimum absolute atomic E-state index is 0.00127. The van der Waals surface area contributed by atoms with Gasteiger partial charge in [-0.25, -0.2) is 4.98 Å². The van der Waals surface area contributed by atoms with Crippen molar-refractivity contribution in [3.63, 3.8) is 0 Å². The van der Waals surface area contributed by atoms with Crippen molar-refractivity contribution in [1.82, 2.24) is 9.55 Å². The first-order valence-corrected chi connectivity index (χ1v) is 9.78. The first-order chi connectivity index (χ1) is 14.1. The maximum absolute atomic E-state index is 13.8. The van der Waals surface area contributed by atoms with Crippen LogP contribution in [0.15, 0.2) is 23.0 Å². The fourth-order valence-electron chi connectivity index (χ4n) is 4.00. The summed E-state index contributed by atoms with van der Waals surface area (Å²) in [6.45, 7) is 2.84. The van der Waals surface area contributed by atoms with E-state index in [-0.39, 0.29) is 23.0 Å². The number of aryl methyl sites for hydroxylation is 1. The Morgan fingerprint density at radius 2 is 2.00 bits per heavy atom. The highest BCUT2D eigenvalue weighted by Gasteiger charge is 2.36. The fourth-order valence-corrected chi connectivity index (χ4v) is 4.00. The zero-order chi connectivity index (χ0) is 22.2. The van der Waals surface area contributed by atoms with Gasteiger partial charge in [0.15, 0.2) is 0 Å². The van der Waals surface area contributed by atoms with Crippen LogP contribution >= 0.6 is 0 Å². The fraction of sp³-hybridized carbons (Fsp3) is 0.524. The lowest BCUT2D eigenvalue weighted by atomic mass is 10.0. The van der Waals surface area contributed by atoms with Crippen molar-refractivity contribution in [2.45, 2.75) is 32.0 Å². The van der Waals surface area contributed by atoms with Crippen molar-refractivity contribution in [3.8, 4) is 11.4 Å². The van der Waals surface area contributed by atoms with E-state index < -0.39 is 11.7 Å². The second kappa shape index (κ2) is 8.29. The summed E-state index contributed by atoms with van der Waals surface area (Å²) in [5.74, 6) is 0.00127. The lowest BCUT2D eigenvalue weighted by Gasteiger charge is -2.28. The first kappa shape index (κ1) is 22.1. The standard InChI is InChI=1S/C21H27F3N4O2/c1-13-18(28-10-6-7-15(28)12-30-5)20(29)27(4)19(25-13)16-9-8-14(26(2)3)11-17(16)21(22,23)24/h8-9,11,15H,6-7,10,12H2,1-5H3. The second-order valence-electron chi connectivity index (χ2n) is 7.80. The zero-order valence-electron chi connectivity index (χ0n) is 17.9. The predicted molar refractivity (Wildman–Crippen MR) is 111 cm³/mol. The van der Waals surface area contributed by atoms with Crippen LogP contribution in [0.1, 0.15) is 24.1 Å². The van der Waals surface area contributed by atoms with Crippen LogP contribution in [-0.2, 0) is 18.0 Å². The molecule has 2 heterocycles. The van der Waals surface area contributed by atoms with E-state index in [0.717, 1.165) is 18.9 Å². The number of anilines is 2. The monoisotopic (exact) mass is 424 g/mol. The van der Waals surface area contributed by atoms with Gasteiger partial charge in [0.25, 0.3) is 5.56 Å². The number of hydrogen-bond acceptors (Lipinski definition) is 5. The third-order valence-electron chi connectivity index (χ3n) is 5.53. The number of nitrogens with zero attached hydrogens (tertiary/aromatic N) is 4. The average molecular weight is 424 g/mol. The number of halogens is 3. The third-order valence-corrected chi connectivity index (χ3v) is 5.53. The quantitative estimate of drug-likeness (QED) is 0.736. The summed E-state index contributed by atoms with van der Waals surface area (Å²) in [5, 5.41) is 0. The summed E-state index contributed by atoms with van der Waals surface area (Å²) in [7, 11) is 6.43. The van der Waals surface area contributed by atoms with E-state index in [4.69, 9.17) is 4.74 Å². The van der Waals surface area contributed by atoms with Crippen molar-refractivity contribution >= 4 is 11.4 Å². The molecule has 6 nitrogen and oxygen atoms in total. The molecule has 2 aromatic rings. The zero-order valence-corrected chi connectivity index (χ0v) is 17.9. The van der Waals surface area contributed by atoms with Gasteiger partial charge in [0.2, 0.25) is 0 Å². The lowest BCUT2D eigenvalue weighted by molar-refractivity contribution is -0.137. The smallest absolute Gasteiger partial charge is 0.383 e. The van der Waals surface area contributed by atoms with Crippen LogP contribution in [0.4, 0.5) is 24.5 Å². The summed E-state index contributed by atoms with van der Waals surface area (Å²) in [5.41, 5.74) is -0.0200. The Bertz CT molecular complexity index is 985. The van der Waals surface area contributed by atoms with Gasteiger partial charge >= 0.3 is 6.18 Å². The number of alkyl halides is 3. The van der Waals surface area contributed by atoms with Gasteiger partial charge in [-0.05, 0) is 38.0 Å². The molecule has 164 valence electrons. The molecule has 1 unspecified atom stereocenters. The molecule has 9 heteroatoms. The number of rotatable bonds is 5. The van der Waals surface area contributed by atoms with E-state index in [2.05, 4.69) is 4.98 Å². The third kappa shape index (κ3) is 4.03. The normalized spacial score (nSPS) is 16.9. The second-order valence-corrected chi connectivity index (χ2v) is 7.80. The average Bonchev–Trinajstić information content (AvgIpc) is 3.12. The van der Waals surface area contributed by atoms with Crippen LogP contribution in [0.2, 0.25) is 0 Å². The van der Waals surface area contributed by atoms with Gasteiger partial charge in [0, 0.05) is 46.0 Å². The highest BCUT2D eigenvalue weighted by atomic mass is 19.4. The molecule has 1 aliphatic rings. The largest absolute Gasteiger partial charge is 0.417 e. The molecule has 0 bridgehead atoms. The Morgan fingerprint density at radius 1 is 1.30 bits per heavy atom. The summed E-state index contributed by atoms with van der Waals surface area (Å²) in [6, 6.07) is 4.11. The van der Waals surface area contributed by atoms with Crippen molar-refractivity contribution in [2.75, 3.05) is 44.2 Å². The van der Waals surface area contributed by atoms with Crippen molar-refractivity contribution in [1.29, 1.82) is 0 Å². The van der Waals surface area contributed by atoms with Crippen LogP contribution in [-0.4, -0.2) is 49.9 Å². The van der Waals surface area contributed by atoms with Crippen LogP contribution in [0, 0.1) is 6.92 Å². The Kier molecular flexibility index (Phi) is 6.12. The molecule has 0 saturated carbocycles. The topological polar surface area (TPSA) is 50.6 Å². The van der Waals surface area contributed by atoms with E-state index in [0.29, 0.717) is 30.2 Å². The van der Waals surface area contributed by atoms with Gasteiger partial charge in [-0.1, -0.05) is 0 Å². The molecule has 0 amide bonds. The SMILES string of the molecule is COCC1CCCN1c1c(C)nc(-c2ccc(N(C)C)cc2C(F)(F)F)n(C)c1=O. The van der Waals surface area contributed by atoms with E-state index in [1.165, 1.54) is 17.7 Å². The molecule has 0 aliphatic carbocycles. The Morgan fingerprint density at radius 3 is 2.60 bits per heavy atom. The van der Waals surface area contributed by atoms with Gasteiger partial charge in [0.1, 0.15) is 11.5 Å². The molecule has 0 N–H and O–H groups in total. The number of benzene rings is 1. The maximum Gasteiger partial charge on any atom is 0.417 e. The molecular weight excluding hydrogens is 397 g/mol. The maximum atomic E-state index is 13.8. The molecule has 1 aromatic carbocycles. The molecule has 0 spiro atoms. The number of ether oxygens (including phenoxy) is 1. The minimum atomic E-state index is -4.58. The number of hydrogen-bond donors (Lipinski definition) is 0. The molecule has 1 aromatic heterocycles. The van der Waals surface area contributed by atoms with Gasteiger partial charge in [-0.2, -0.15) is 13.2 Å². The summed E-state index contributed by atoms with van der Waals surface area (Å²) >= 11 is 0. The van der Waals surface area contributed by atoms with Crippen LogP contribution < -0.4 is 15.4 Å². The first-order valence-electron chi connectivity index (χ1n) is 9.78. The molecule has 1 fully saturated rings. The lowest BCUT2D eigenvalue weighted by Crippen LogP contribution is -2.39. The van der Waals surface area contributed by atoms with Crippen molar-refractivity contribution < 1.29 is 17.9 Å². The van der Waals surface area contributed by atoms with Gasteiger partial charge in [-0.3, -0.25) is 9.36 Å². The number of aromatic nitrogens is 2. The Hall–Kier alpha value is -2.55. The predicted octanol–water partition coefficient (Wildman–Crippen LogP) is 3.46. The molecule has 3 rings (SSSR count). The molecule has 1 saturated heterocycles. The van der Waals surface area contributed by atoms with Gasteiger partial charge in [0.05, 0.1) is 23.9 Å². The van der Waals surface area contributed by atoms with Crippen molar-refractivity contribution in [2.24, 2.45) is 7.05 Å². The molecule has 1 atom stereocenters. The van der Waals surface area contributed by atoms with Crippen LogP contribution in [0.25, 0.3) is 11.4 Å². The minimum Gasteiger partial charge on any atom is -0.383 e. The molecule has 0 radical (unpaired) electrons. The van der Waals surface area contributed by atoms with E-state index in [1.807, 2.05) is 4.90 Å². The Labute approximate surface area is 173 Å². The van der Waals surface area contributed by atoms with E-state index in [1.54, 1.807) is 39.1 Å². The summed E-state index contributed by atoms with van der Waals surface area (Å²) in [6.07, 6.45) is -2.77. The summed E-state index contributed by atoms with van der Waals surface area (Å²) < 4.78 is 47.9. The Balaban J connectivity index is 2.17.